The fraction of sp³-hybridized carbons (Fsp3) is 0.385. The van der Waals surface area contributed by atoms with Crippen molar-refractivity contribution in [3.05, 3.63) is 32.7 Å². The van der Waals surface area contributed by atoms with Gasteiger partial charge >= 0.3 is 0 Å². The zero-order valence-electron chi connectivity index (χ0n) is 10.6. The van der Waals surface area contributed by atoms with Gasteiger partial charge in [-0.25, -0.2) is 0 Å². The van der Waals surface area contributed by atoms with E-state index in [1.54, 1.807) is 11.3 Å². The van der Waals surface area contributed by atoms with Crippen LogP contribution in [-0.2, 0) is 6.42 Å². The molecule has 1 aromatic heterocycles. The summed E-state index contributed by atoms with van der Waals surface area (Å²) in [5.41, 5.74) is 1.01. The van der Waals surface area contributed by atoms with Crippen LogP contribution in [0.4, 0.5) is 0 Å². The molecule has 0 saturated heterocycles. The van der Waals surface area contributed by atoms with E-state index >= 15 is 0 Å². The molecule has 0 atom stereocenters. The van der Waals surface area contributed by atoms with E-state index < -0.39 is 0 Å². The number of hydrogen-bond acceptors (Lipinski definition) is 4. The van der Waals surface area contributed by atoms with E-state index in [4.69, 9.17) is 11.6 Å². The van der Waals surface area contributed by atoms with Crippen molar-refractivity contribution < 1.29 is 0 Å². The van der Waals surface area contributed by atoms with Gasteiger partial charge in [0.15, 0.2) is 0 Å². The third kappa shape index (κ3) is 4.53. The second-order valence-corrected chi connectivity index (χ2v) is 6.53. The Labute approximate surface area is 130 Å². The lowest BCUT2D eigenvalue weighted by molar-refractivity contribution is 0.669. The van der Waals surface area contributed by atoms with Crippen LogP contribution >= 0.6 is 38.9 Å². The van der Waals surface area contributed by atoms with Crippen LogP contribution in [0.25, 0.3) is 10.6 Å². The minimum absolute atomic E-state index is 0.702. The van der Waals surface area contributed by atoms with Crippen LogP contribution in [0.15, 0.2) is 22.7 Å². The van der Waals surface area contributed by atoms with Gasteiger partial charge in [-0.1, -0.05) is 45.8 Å². The van der Waals surface area contributed by atoms with Gasteiger partial charge in [0.25, 0.3) is 0 Å². The van der Waals surface area contributed by atoms with Gasteiger partial charge in [-0.05, 0) is 37.7 Å². The predicted octanol–water partition coefficient (Wildman–Crippen LogP) is 4.16. The summed E-state index contributed by atoms with van der Waals surface area (Å²) in [6.07, 6.45) is 2.05. The highest BCUT2D eigenvalue weighted by Gasteiger charge is 2.08. The van der Waals surface area contributed by atoms with Crippen LogP contribution < -0.4 is 5.32 Å². The molecule has 0 aliphatic rings. The van der Waals surface area contributed by atoms with Crippen LogP contribution in [0.2, 0.25) is 5.02 Å². The van der Waals surface area contributed by atoms with Crippen molar-refractivity contribution in [2.45, 2.75) is 19.8 Å². The highest BCUT2D eigenvalue weighted by Crippen LogP contribution is 2.29. The molecule has 0 saturated carbocycles. The van der Waals surface area contributed by atoms with Gasteiger partial charge in [0.05, 0.1) is 0 Å². The van der Waals surface area contributed by atoms with Crippen molar-refractivity contribution in [3.63, 3.8) is 0 Å². The maximum absolute atomic E-state index is 6.04. The molecule has 1 heterocycles. The first-order chi connectivity index (χ1) is 9.19. The molecule has 2 aromatic rings. The van der Waals surface area contributed by atoms with Crippen molar-refractivity contribution in [2.75, 3.05) is 13.1 Å². The minimum Gasteiger partial charge on any atom is -0.317 e. The Morgan fingerprint density at radius 3 is 2.89 bits per heavy atom. The van der Waals surface area contributed by atoms with E-state index in [1.165, 1.54) is 0 Å². The van der Waals surface area contributed by atoms with Crippen LogP contribution in [0.1, 0.15) is 18.4 Å². The Morgan fingerprint density at radius 2 is 2.16 bits per heavy atom. The van der Waals surface area contributed by atoms with Crippen molar-refractivity contribution in [3.8, 4) is 10.6 Å². The fourth-order valence-electron chi connectivity index (χ4n) is 1.69. The molecule has 0 amide bonds. The highest BCUT2D eigenvalue weighted by molar-refractivity contribution is 9.10. The molecule has 0 bridgehead atoms. The summed E-state index contributed by atoms with van der Waals surface area (Å²) in [4.78, 5) is 0. The molecule has 0 aliphatic carbocycles. The maximum atomic E-state index is 6.04. The summed E-state index contributed by atoms with van der Waals surface area (Å²) in [5.74, 6) is 0. The summed E-state index contributed by atoms with van der Waals surface area (Å²) in [7, 11) is 0. The van der Waals surface area contributed by atoms with Gasteiger partial charge in [0, 0.05) is 21.5 Å². The van der Waals surface area contributed by atoms with Gasteiger partial charge in [0.2, 0.25) is 0 Å². The average molecular weight is 361 g/mol. The first kappa shape index (κ1) is 14.9. The number of nitrogens with zero attached hydrogens (tertiary/aromatic N) is 2. The van der Waals surface area contributed by atoms with Crippen molar-refractivity contribution >= 4 is 38.9 Å². The third-order valence-electron chi connectivity index (χ3n) is 2.57. The average Bonchev–Trinajstić information content (AvgIpc) is 2.82. The molecule has 3 nitrogen and oxygen atoms in total. The quantitative estimate of drug-likeness (QED) is 0.786. The topological polar surface area (TPSA) is 37.8 Å². The van der Waals surface area contributed by atoms with Crippen LogP contribution in [-0.4, -0.2) is 23.3 Å². The second kappa shape index (κ2) is 7.33. The second-order valence-electron chi connectivity index (χ2n) is 4.12. The fourth-order valence-corrected chi connectivity index (χ4v) is 3.42. The molecule has 19 heavy (non-hydrogen) atoms. The molecule has 1 aromatic carbocycles. The molecule has 0 unspecified atom stereocenters. The lowest BCUT2D eigenvalue weighted by Crippen LogP contribution is -2.14. The summed E-state index contributed by atoms with van der Waals surface area (Å²) in [6, 6.07) is 5.79. The highest BCUT2D eigenvalue weighted by atomic mass is 79.9. The van der Waals surface area contributed by atoms with Crippen molar-refractivity contribution in [2.24, 2.45) is 0 Å². The number of halogens is 2. The Morgan fingerprint density at radius 1 is 1.32 bits per heavy atom. The lowest BCUT2D eigenvalue weighted by atomic mass is 10.2. The van der Waals surface area contributed by atoms with Crippen LogP contribution in [0.5, 0.6) is 0 Å². The molecular weight excluding hydrogens is 346 g/mol. The molecular formula is C13H15BrClN3S. The summed E-state index contributed by atoms with van der Waals surface area (Å²) in [5, 5.41) is 14.5. The van der Waals surface area contributed by atoms with Gasteiger partial charge < -0.3 is 5.32 Å². The van der Waals surface area contributed by atoms with E-state index in [0.717, 1.165) is 46.0 Å². The normalized spacial score (nSPS) is 10.9. The van der Waals surface area contributed by atoms with Gasteiger partial charge in [0.1, 0.15) is 10.0 Å². The zero-order chi connectivity index (χ0) is 13.7. The minimum atomic E-state index is 0.702. The van der Waals surface area contributed by atoms with E-state index in [9.17, 15) is 0 Å². The van der Waals surface area contributed by atoms with Crippen molar-refractivity contribution in [1.82, 2.24) is 15.5 Å². The molecule has 6 heteroatoms. The van der Waals surface area contributed by atoms with E-state index in [1.807, 2.05) is 18.2 Å². The monoisotopic (exact) mass is 359 g/mol. The third-order valence-corrected chi connectivity index (χ3v) is 4.28. The molecule has 102 valence electrons. The summed E-state index contributed by atoms with van der Waals surface area (Å²) < 4.78 is 0.957. The maximum Gasteiger partial charge on any atom is 0.147 e. The van der Waals surface area contributed by atoms with E-state index in [-0.39, 0.29) is 0 Å². The standard InChI is InChI=1S/C13H15BrClN3S/c1-2-16-5-3-4-12-17-18-13(19-12)9-6-10(14)8-11(15)7-9/h6-8,16H,2-5H2,1H3. The largest absolute Gasteiger partial charge is 0.317 e. The molecule has 0 spiro atoms. The van der Waals surface area contributed by atoms with E-state index in [2.05, 4.69) is 38.4 Å². The molecule has 2 rings (SSSR count). The summed E-state index contributed by atoms with van der Waals surface area (Å²) in [6.45, 7) is 4.14. The first-order valence-corrected chi connectivity index (χ1v) is 8.17. The summed E-state index contributed by atoms with van der Waals surface area (Å²) >= 11 is 11.1. The molecule has 1 N–H and O–H groups in total. The number of rotatable bonds is 6. The molecule has 0 aliphatic heterocycles. The number of benzene rings is 1. The molecule has 0 fully saturated rings. The molecule has 0 radical (unpaired) electrons. The Bertz CT molecular complexity index is 524. The smallest absolute Gasteiger partial charge is 0.147 e. The number of hydrogen-bond donors (Lipinski definition) is 1. The van der Waals surface area contributed by atoms with Gasteiger partial charge in [-0.2, -0.15) is 0 Å². The van der Waals surface area contributed by atoms with Gasteiger partial charge in [-0.3, -0.25) is 0 Å². The Balaban J connectivity index is 2.03. The SMILES string of the molecule is CCNCCCc1nnc(-c2cc(Cl)cc(Br)c2)s1. The predicted molar refractivity (Wildman–Crippen MR) is 84.9 cm³/mol. The number of nitrogens with one attached hydrogen (secondary N) is 1. The first-order valence-electron chi connectivity index (χ1n) is 6.18. The number of aromatic nitrogens is 2. The van der Waals surface area contributed by atoms with Gasteiger partial charge in [-0.15, -0.1) is 10.2 Å². The lowest BCUT2D eigenvalue weighted by Gasteiger charge is -1.99. The van der Waals surface area contributed by atoms with Crippen LogP contribution in [0.3, 0.4) is 0 Å². The Kier molecular flexibility index (Phi) is 5.76. The number of aryl methyl sites for hydroxylation is 1. The van der Waals surface area contributed by atoms with E-state index in [0.29, 0.717) is 5.02 Å². The van der Waals surface area contributed by atoms with Crippen molar-refractivity contribution in [1.29, 1.82) is 0 Å². The zero-order valence-corrected chi connectivity index (χ0v) is 13.8. The van der Waals surface area contributed by atoms with Crippen LogP contribution in [0, 0.1) is 0 Å². The Hall–Kier alpha value is -0.490.